The van der Waals surface area contributed by atoms with Crippen LogP contribution in [0.4, 0.5) is 0 Å². The van der Waals surface area contributed by atoms with Gasteiger partial charge in [0, 0.05) is 32.6 Å². The lowest BCUT2D eigenvalue weighted by atomic mass is 9.97. The van der Waals surface area contributed by atoms with E-state index in [0.29, 0.717) is 17.7 Å². The molecule has 0 saturated carbocycles. The predicted molar refractivity (Wildman–Crippen MR) is 141 cm³/mol. The Bertz CT molecular complexity index is 1320. The Morgan fingerprint density at radius 1 is 0.971 bits per heavy atom. The number of likely N-dealkylation sites (tertiary alicyclic amines) is 1. The number of carbonyl (C=O) groups is 1. The highest BCUT2D eigenvalue weighted by Gasteiger charge is 2.22. The number of aromatic hydroxyl groups is 1. The zero-order valence-electron chi connectivity index (χ0n) is 19.8. The number of piperidine rings is 1. The summed E-state index contributed by atoms with van der Waals surface area (Å²) < 4.78 is 12.3. The first kappa shape index (κ1) is 23.4. The molecule has 1 aliphatic heterocycles. The van der Waals surface area contributed by atoms with Crippen molar-refractivity contribution in [1.29, 1.82) is 0 Å². The molecular weight excluding hydrogens is 458 g/mol. The van der Waals surface area contributed by atoms with Crippen LogP contribution in [-0.4, -0.2) is 49.1 Å². The maximum absolute atomic E-state index is 13.8. The normalized spacial score (nSPS) is 14.2. The molecule has 0 unspecified atom stereocenters. The molecule has 1 saturated heterocycles. The summed E-state index contributed by atoms with van der Waals surface area (Å²) in [6.07, 6.45) is 3.86. The zero-order valence-corrected chi connectivity index (χ0v) is 20.6. The Labute approximate surface area is 209 Å². The van der Waals surface area contributed by atoms with E-state index >= 15 is 0 Å². The number of benzene rings is 3. The third-order valence-electron chi connectivity index (χ3n) is 6.47. The molecule has 1 N–H and O–H groups in total. The van der Waals surface area contributed by atoms with E-state index in [2.05, 4.69) is 4.90 Å². The lowest BCUT2D eigenvalue weighted by molar-refractivity contribution is 0.104. The molecule has 1 aliphatic rings. The number of ether oxygens (including phenoxy) is 2. The van der Waals surface area contributed by atoms with Crippen LogP contribution in [0.2, 0.25) is 0 Å². The van der Waals surface area contributed by atoms with E-state index in [9.17, 15) is 9.90 Å². The van der Waals surface area contributed by atoms with Gasteiger partial charge < -0.3 is 14.6 Å². The maximum Gasteiger partial charge on any atom is 0.195 e. The molecule has 4 aromatic rings. The fourth-order valence-electron chi connectivity index (χ4n) is 4.60. The molecule has 0 bridgehead atoms. The minimum absolute atomic E-state index is 0.0559. The first-order valence-electron chi connectivity index (χ1n) is 12.0. The largest absolute Gasteiger partial charge is 0.508 e. The highest BCUT2D eigenvalue weighted by Crippen LogP contribution is 2.42. The summed E-state index contributed by atoms with van der Waals surface area (Å²) in [6.45, 7) is 3.88. The van der Waals surface area contributed by atoms with Crippen LogP contribution in [0.5, 0.6) is 17.2 Å². The van der Waals surface area contributed by atoms with E-state index in [0.717, 1.165) is 51.7 Å². The van der Waals surface area contributed by atoms with E-state index in [1.165, 1.54) is 30.6 Å². The van der Waals surface area contributed by atoms with Crippen molar-refractivity contribution in [3.05, 3.63) is 77.9 Å². The highest BCUT2D eigenvalue weighted by molar-refractivity contribution is 7.22. The molecule has 2 heterocycles. The van der Waals surface area contributed by atoms with Gasteiger partial charge in [0.05, 0.1) is 7.11 Å². The lowest BCUT2D eigenvalue weighted by Gasteiger charge is -2.26. The Morgan fingerprint density at radius 2 is 1.74 bits per heavy atom. The average molecular weight is 488 g/mol. The van der Waals surface area contributed by atoms with Gasteiger partial charge in [0.1, 0.15) is 23.9 Å². The molecule has 3 aromatic carbocycles. The Balaban J connectivity index is 1.41. The number of phenolic OH excluding ortho intramolecular Hbond substituents is 1. The molecule has 0 radical (unpaired) electrons. The first-order valence-corrected chi connectivity index (χ1v) is 12.8. The predicted octanol–water partition coefficient (Wildman–Crippen LogP) is 6.38. The number of nitrogens with zero attached hydrogens (tertiary/aromatic N) is 1. The summed E-state index contributed by atoms with van der Waals surface area (Å²) in [7, 11) is 1.63. The monoisotopic (exact) mass is 487 g/mol. The molecule has 6 heteroatoms. The second-order valence-electron chi connectivity index (χ2n) is 8.82. The van der Waals surface area contributed by atoms with Crippen LogP contribution in [-0.2, 0) is 0 Å². The molecule has 0 aliphatic carbocycles. The third kappa shape index (κ3) is 5.19. The molecular formula is C29H29NO4S. The van der Waals surface area contributed by atoms with Gasteiger partial charge in [-0.3, -0.25) is 9.69 Å². The molecule has 0 atom stereocenters. The number of hydrogen-bond donors (Lipinski definition) is 1. The fourth-order valence-corrected chi connectivity index (χ4v) is 5.83. The van der Waals surface area contributed by atoms with E-state index in [1.54, 1.807) is 25.3 Å². The quantitative estimate of drug-likeness (QED) is 0.292. The van der Waals surface area contributed by atoms with Crippen molar-refractivity contribution >= 4 is 27.2 Å². The van der Waals surface area contributed by atoms with Gasteiger partial charge in [0.15, 0.2) is 5.78 Å². The Hall–Kier alpha value is -3.35. The summed E-state index contributed by atoms with van der Waals surface area (Å²) in [5.74, 6) is 1.62. The summed E-state index contributed by atoms with van der Waals surface area (Å²) in [5.41, 5.74) is 2.05. The van der Waals surface area contributed by atoms with Crippen LogP contribution in [0, 0.1) is 0 Å². The third-order valence-corrected chi connectivity index (χ3v) is 7.68. The number of carbonyl (C=O) groups excluding carboxylic acids is 1. The lowest BCUT2D eigenvalue weighted by Crippen LogP contribution is -2.33. The van der Waals surface area contributed by atoms with Crippen molar-refractivity contribution in [2.24, 2.45) is 0 Å². The van der Waals surface area contributed by atoms with Gasteiger partial charge in [-0.05, 0) is 86.1 Å². The average Bonchev–Trinajstić information content (AvgIpc) is 3.28. The fraction of sp³-hybridized carbons (Fsp3) is 0.276. The zero-order chi connectivity index (χ0) is 24.2. The van der Waals surface area contributed by atoms with Crippen LogP contribution in [0.1, 0.15) is 35.2 Å². The maximum atomic E-state index is 13.8. The second kappa shape index (κ2) is 10.5. The van der Waals surface area contributed by atoms with Crippen molar-refractivity contribution < 1.29 is 19.4 Å². The van der Waals surface area contributed by atoms with Crippen molar-refractivity contribution in [1.82, 2.24) is 4.90 Å². The Kier molecular flexibility index (Phi) is 7.02. The van der Waals surface area contributed by atoms with Crippen molar-refractivity contribution in [2.45, 2.75) is 19.3 Å². The summed E-state index contributed by atoms with van der Waals surface area (Å²) >= 11 is 1.52. The summed E-state index contributed by atoms with van der Waals surface area (Å²) in [6, 6.07) is 20.2. The van der Waals surface area contributed by atoms with Crippen molar-refractivity contribution in [3.63, 3.8) is 0 Å². The minimum atomic E-state index is -0.0559. The van der Waals surface area contributed by atoms with Gasteiger partial charge in [-0.1, -0.05) is 18.6 Å². The molecule has 0 spiro atoms. The van der Waals surface area contributed by atoms with E-state index in [1.807, 2.05) is 48.5 Å². The number of rotatable bonds is 8. The van der Waals surface area contributed by atoms with E-state index in [4.69, 9.17) is 9.47 Å². The number of fused-ring (bicyclic) bond motifs is 1. The Morgan fingerprint density at radius 3 is 2.49 bits per heavy atom. The van der Waals surface area contributed by atoms with Gasteiger partial charge in [-0.25, -0.2) is 0 Å². The molecule has 5 rings (SSSR count). The van der Waals surface area contributed by atoms with Gasteiger partial charge >= 0.3 is 0 Å². The van der Waals surface area contributed by atoms with Gasteiger partial charge in [-0.15, -0.1) is 11.3 Å². The van der Waals surface area contributed by atoms with Crippen LogP contribution in [0.25, 0.3) is 20.5 Å². The van der Waals surface area contributed by atoms with E-state index < -0.39 is 0 Å². The molecule has 0 amide bonds. The van der Waals surface area contributed by atoms with Crippen molar-refractivity contribution in [2.75, 3.05) is 33.4 Å². The molecule has 1 fully saturated rings. The number of methoxy groups -OCH3 is 1. The summed E-state index contributed by atoms with van der Waals surface area (Å²) in [4.78, 5) is 17.0. The molecule has 1 aromatic heterocycles. The van der Waals surface area contributed by atoms with Gasteiger partial charge in [0.2, 0.25) is 0 Å². The second-order valence-corrected chi connectivity index (χ2v) is 9.88. The summed E-state index contributed by atoms with van der Waals surface area (Å²) in [5, 5.41) is 10.9. The smallest absolute Gasteiger partial charge is 0.195 e. The number of phenols is 1. The van der Waals surface area contributed by atoms with Crippen LogP contribution in [0.15, 0.2) is 66.7 Å². The SMILES string of the molecule is COc1ccc2c(C(=O)c3ccc(OCCN4CCCCC4)cc3)c(-c3cccc(O)c3)sc2c1. The molecule has 5 nitrogen and oxygen atoms in total. The van der Waals surface area contributed by atoms with Gasteiger partial charge in [0.25, 0.3) is 0 Å². The number of thiophene rings is 1. The standard InChI is InChI=1S/C29H29NO4S/c1-33-24-12-13-25-26(19-24)35-29(21-6-5-7-22(31)18-21)27(25)28(32)20-8-10-23(11-9-20)34-17-16-30-14-3-2-4-15-30/h5-13,18-19,31H,2-4,14-17H2,1H3. The number of hydrogen-bond acceptors (Lipinski definition) is 6. The molecule has 35 heavy (non-hydrogen) atoms. The van der Waals surface area contributed by atoms with Crippen LogP contribution >= 0.6 is 11.3 Å². The molecule has 180 valence electrons. The van der Waals surface area contributed by atoms with Crippen LogP contribution in [0.3, 0.4) is 0 Å². The topological polar surface area (TPSA) is 59.0 Å². The minimum Gasteiger partial charge on any atom is -0.508 e. The van der Waals surface area contributed by atoms with E-state index in [-0.39, 0.29) is 11.5 Å². The van der Waals surface area contributed by atoms with Gasteiger partial charge in [-0.2, -0.15) is 0 Å². The number of ketones is 1. The van der Waals surface area contributed by atoms with Crippen LogP contribution < -0.4 is 9.47 Å². The highest BCUT2D eigenvalue weighted by atomic mass is 32.1. The first-order chi connectivity index (χ1) is 17.1. The van der Waals surface area contributed by atoms with Crippen molar-refractivity contribution in [3.8, 4) is 27.7 Å².